The second-order valence-electron chi connectivity index (χ2n) is 15.7. The van der Waals surface area contributed by atoms with Crippen molar-refractivity contribution in [2.24, 2.45) is 0 Å². The van der Waals surface area contributed by atoms with Gasteiger partial charge in [0.1, 0.15) is 19.2 Å². The molecule has 0 aliphatic carbocycles. The van der Waals surface area contributed by atoms with Gasteiger partial charge >= 0.3 is 0 Å². The lowest BCUT2D eigenvalue weighted by Gasteiger charge is -2.31. The minimum absolute atomic E-state index is 0.950. The summed E-state index contributed by atoms with van der Waals surface area (Å²) in [5, 5.41) is 7.79. The minimum atomic E-state index is -2.10. The normalized spacial score (nSPS) is 15.2. The van der Waals surface area contributed by atoms with E-state index in [4.69, 9.17) is 4.42 Å². The molecule has 0 N–H and O–H groups in total. The largest absolute Gasteiger partial charge is 0.455 e. The zero-order chi connectivity index (χ0) is 36.3. The number of para-hydroxylation sites is 1. The van der Waals surface area contributed by atoms with Gasteiger partial charge in [0.15, 0.2) is 0 Å². The van der Waals surface area contributed by atoms with Crippen molar-refractivity contribution in [1.29, 1.82) is 0 Å². The number of benzene rings is 8. The van der Waals surface area contributed by atoms with Gasteiger partial charge in [-0.3, -0.25) is 0 Å². The Morgan fingerprint density at radius 3 is 2.15 bits per heavy atom. The van der Waals surface area contributed by atoms with Gasteiger partial charge in [-0.1, -0.05) is 122 Å². The number of hydrogen-bond acceptors (Lipinski definition) is 2. The molecule has 0 bridgehead atoms. The third kappa shape index (κ3) is 4.41. The summed E-state index contributed by atoms with van der Waals surface area (Å²) in [6.45, 7) is 5.01. The standard InChI is InChI=1S/C50H39NOSSi/c1-53(2)44-21-10-8-18-40(44)48-42(19-12-22-45(48)53)51(36-16-11-15-34(30-36)35-24-23-32-13-5-6-14-33(32)29-35)37-25-26-41-47(31-37)54(3,4)46-28-27-39-38-17-7-9-20-43(38)52-50(39)49(41)46/h5-31H,1-4H3. The molecule has 1 aromatic heterocycles. The van der Waals surface area contributed by atoms with Gasteiger partial charge < -0.3 is 9.32 Å². The zero-order valence-electron chi connectivity index (χ0n) is 30.9. The van der Waals surface area contributed by atoms with E-state index in [-0.39, 0.29) is 0 Å². The average Bonchev–Trinajstić information content (AvgIpc) is 3.78. The summed E-state index contributed by atoms with van der Waals surface area (Å²) >= 11 is 0. The van der Waals surface area contributed by atoms with E-state index in [9.17, 15) is 0 Å². The van der Waals surface area contributed by atoms with Gasteiger partial charge in [0.25, 0.3) is 0 Å². The van der Waals surface area contributed by atoms with Crippen LogP contribution in [0.2, 0.25) is 13.1 Å². The van der Waals surface area contributed by atoms with E-state index in [1.165, 1.54) is 86.5 Å². The molecule has 2 aliphatic heterocycles. The van der Waals surface area contributed by atoms with E-state index in [0.717, 1.165) is 16.9 Å². The van der Waals surface area contributed by atoms with Gasteiger partial charge in [-0.2, -0.15) is 10.0 Å². The first-order valence-electron chi connectivity index (χ1n) is 18.7. The molecule has 9 aromatic rings. The fourth-order valence-electron chi connectivity index (χ4n) is 9.39. The molecule has 0 saturated heterocycles. The van der Waals surface area contributed by atoms with Crippen molar-refractivity contribution >= 4 is 78.2 Å². The second kappa shape index (κ2) is 11.3. The minimum Gasteiger partial charge on any atom is -0.455 e. The molecule has 0 spiro atoms. The summed E-state index contributed by atoms with van der Waals surface area (Å²) in [4.78, 5) is 5.45. The Labute approximate surface area is 318 Å². The number of furan rings is 1. The highest BCUT2D eigenvalue weighted by Gasteiger charge is 2.41. The van der Waals surface area contributed by atoms with Crippen molar-refractivity contribution < 1.29 is 4.42 Å². The molecule has 4 heteroatoms. The lowest BCUT2D eigenvalue weighted by Crippen LogP contribution is -2.49. The molecule has 0 atom stereocenters. The fraction of sp³-hybridized carbons (Fsp3) is 0.0800. The van der Waals surface area contributed by atoms with Crippen molar-refractivity contribution in [3.05, 3.63) is 164 Å². The maximum Gasteiger partial charge on any atom is 0.143 e. The first kappa shape index (κ1) is 31.7. The number of nitrogens with zero attached hydrogens (tertiary/aromatic N) is 1. The molecule has 0 fully saturated rings. The van der Waals surface area contributed by atoms with Crippen LogP contribution in [0.3, 0.4) is 0 Å². The summed E-state index contributed by atoms with van der Waals surface area (Å²) < 4.78 is 6.66. The molecule has 8 aromatic carbocycles. The first-order chi connectivity index (χ1) is 26.3. The van der Waals surface area contributed by atoms with E-state index in [1.54, 1.807) is 0 Å². The zero-order valence-corrected chi connectivity index (χ0v) is 32.7. The van der Waals surface area contributed by atoms with Crippen LogP contribution < -0.4 is 15.3 Å². The monoisotopic (exact) mass is 729 g/mol. The molecule has 54 heavy (non-hydrogen) atoms. The topological polar surface area (TPSA) is 16.4 Å². The van der Waals surface area contributed by atoms with Crippen LogP contribution in [-0.4, -0.2) is 20.6 Å². The van der Waals surface area contributed by atoms with Crippen molar-refractivity contribution in [2.45, 2.75) is 22.9 Å². The van der Waals surface area contributed by atoms with E-state index in [2.05, 4.69) is 194 Å². The summed E-state index contributed by atoms with van der Waals surface area (Å²) in [6.07, 6.45) is 4.90. The molecule has 0 unspecified atom stereocenters. The summed E-state index contributed by atoms with van der Waals surface area (Å²) in [5.41, 5.74) is 13.3. The van der Waals surface area contributed by atoms with Crippen molar-refractivity contribution in [3.8, 4) is 33.4 Å². The van der Waals surface area contributed by atoms with Gasteiger partial charge in [0.2, 0.25) is 0 Å². The smallest absolute Gasteiger partial charge is 0.143 e. The van der Waals surface area contributed by atoms with Gasteiger partial charge in [0.05, 0.1) is 5.69 Å². The molecule has 260 valence electrons. The van der Waals surface area contributed by atoms with Crippen LogP contribution in [-0.2, 0) is 0 Å². The second-order valence-corrected chi connectivity index (χ2v) is 23.6. The van der Waals surface area contributed by atoms with Crippen LogP contribution in [0, 0.1) is 0 Å². The number of anilines is 3. The Hall–Kier alpha value is -5.81. The van der Waals surface area contributed by atoms with Crippen LogP contribution in [0.1, 0.15) is 0 Å². The van der Waals surface area contributed by atoms with E-state index < -0.39 is 18.1 Å². The fourth-order valence-corrected chi connectivity index (χ4v) is 15.0. The van der Waals surface area contributed by atoms with Crippen LogP contribution in [0.4, 0.5) is 17.1 Å². The van der Waals surface area contributed by atoms with E-state index in [0.29, 0.717) is 0 Å². The lowest BCUT2D eigenvalue weighted by molar-refractivity contribution is 0.670. The lowest BCUT2D eigenvalue weighted by atomic mass is 9.98. The highest BCUT2D eigenvalue weighted by molar-refractivity contribution is 8.33. The predicted octanol–water partition coefficient (Wildman–Crippen LogP) is 13.1. The molecule has 0 radical (unpaired) electrons. The Balaban J connectivity index is 1.14. The molecule has 2 aliphatic rings. The molecule has 11 rings (SSSR count). The molecule has 2 nitrogen and oxygen atoms in total. The third-order valence-electron chi connectivity index (χ3n) is 12.1. The van der Waals surface area contributed by atoms with Gasteiger partial charge in [-0.05, 0) is 111 Å². The highest BCUT2D eigenvalue weighted by atomic mass is 32.3. The first-order valence-corrected chi connectivity index (χ1v) is 24.2. The summed E-state index contributed by atoms with van der Waals surface area (Å²) in [7, 11) is -3.28. The van der Waals surface area contributed by atoms with Gasteiger partial charge in [-0.25, -0.2) is 0 Å². The summed E-state index contributed by atoms with van der Waals surface area (Å²) in [5.74, 6) is 0. The highest BCUT2D eigenvalue weighted by Crippen LogP contribution is 2.69. The molecule has 0 amide bonds. The van der Waals surface area contributed by atoms with Crippen molar-refractivity contribution in [1.82, 2.24) is 0 Å². The van der Waals surface area contributed by atoms with Crippen molar-refractivity contribution in [3.63, 3.8) is 0 Å². The number of hydrogen-bond donors (Lipinski definition) is 0. The van der Waals surface area contributed by atoms with Crippen LogP contribution in [0.15, 0.2) is 178 Å². The third-order valence-corrected chi connectivity index (χ3v) is 18.5. The van der Waals surface area contributed by atoms with Gasteiger partial charge in [-0.15, -0.1) is 0 Å². The quantitative estimate of drug-likeness (QED) is 0.168. The van der Waals surface area contributed by atoms with E-state index in [1.807, 2.05) is 0 Å². The number of rotatable bonds is 4. The predicted molar refractivity (Wildman–Crippen MR) is 235 cm³/mol. The maximum absolute atomic E-state index is 6.66. The van der Waals surface area contributed by atoms with Crippen LogP contribution >= 0.6 is 10.0 Å². The Bertz CT molecular complexity index is 3030. The van der Waals surface area contributed by atoms with Crippen LogP contribution in [0.5, 0.6) is 0 Å². The Kier molecular flexibility index (Phi) is 6.66. The Morgan fingerprint density at radius 1 is 0.500 bits per heavy atom. The molecule has 3 heterocycles. The molecule has 0 saturated carbocycles. The average molecular weight is 730 g/mol. The van der Waals surface area contributed by atoms with Crippen LogP contribution in [0.25, 0.3) is 66.1 Å². The number of fused-ring (bicyclic) bond motifs is 11. The Morgan fingerprint density at radius 2 is 1.24 bits per heavy atom. The SMILES string of the molecule is C[Si]1(C)c2cc(N(c3cccc(-c4ccc5ccccc5c4)c3)c3cccc4c3-c3ccccc3S4(C)C)ccc2-c2c1ccc1c2oc2ccccc21. The van der Waals surface area contributed by atoms with Gasteiger partial charge in [0, 0.05) is 43.1 Å². The maximum atomic E-state index is 6.66. The van der Waals surface area contributed by atoms with E-state index >= 15 is 0 Å². The van der Waals surface area contributed by atoms with Crippen molar-refractivity contribution in [2.75, 3.05) is 17.4 Å². The summed E-state index contributed by atoms with van der Waals surface area (Å²) in [6, 6.07) is 61.0. The molecular formula is C50H39NOSSi. The molecular weight excluding hydrogens is 691 g/mol.